The van der Waals surface area contributed by atoms with Crippen molar-refractivity contribution in [1.82, 2.24) is 4.98 Å². The zero-order chi connectivity index (χ0) is 16.3. The van der Waals surface area contributed by atoms with E-state index >= 15 is 0 Å². The first-order valence-corrected chi connectivity index (χ1v) is 8.20. The van der Waals surface area contributed by atoms with Crippen LogP contribution in [0.1, 0.15) is 27.2 Å². The van der Waals surface area contributed by atoms with Crippen molar-refractivity contribution >= 4 is 13.5 Å². The molecule has 1 heterocycles. The highest BCUT2D eigenvalue weighted by Crippen LogP contribution is 2.50. The Labute approximate surface area is 128 Å². The van der Waals surface area contributed by atoms with Gasteiger partial charge in [-0.05, 0) is 25.0 Å². The van der Waals surface area contributed by atoms with Gasteiger partial charge in [0.25, 0.3) is 0 Å². The summed E-state index contributed by atoms with van der Waals surface area (Å²) in [5, 5.41) is 0. The Kier molecular flexibility index (Phi) is 4.88. The number of carbonyl (C=O) groups is 1. The molecule has 0 unspecified atom stereocenters. The molecule has 0 fully saturated rings. The van der Waals surface area contributed by atoms with Gasteiger partial charge in [0.05, 0.1) is 5.69 Å². The SMILES string of the molecule is Cc1cnc(C)c(OCc2ccccc2)c1C(=O)[P+](O)(O)O. The molecule has 22 heavy (non-hydrogen) atoms. The molecule has 0 bridgehead atoms. The zero-order valence-corrected chi connectivity index (χ0v) is 13.1. The Morgan fingerprint density at radius 1 is 1.18 bits per heavy atom. The van der Waals surface area contributed by atoms with Crippen LogP contribution in [0.5, 0.6) is 5.75 Å². The van der Waals surface area contributed by atoms with Crippen molar-refractivity contribution in [1.29, 1.82) is 0 Å². The van der Waals surface area contributed by atoms with Crippen molar-refractivity contribution in [3.8, 4) is 5.75 Å². The summed E-state index contributed by atoms with van der Waals surface area (Å²) in [5.74, 6) is 0.148. The zero-order valence-electron chi connectivity index (χ0n) is 12.2. The molecule has 2 aromatic rings. The standard InChI is InChI=1S/C15H17NO5P/c1-10-8-16-11(2)14(13(10)15(17)22(18,19)20)21-9-12-6-4-3-5-7-12/h3-8,18-20H,9H2,1-2H3/q+1. The van der Waals surface area contributed by atoms with Gasteiger partial charge in [-0.3, -0.25) is 4.98 Å². The van der Waals surface area contributed by atoms with Crippen LogP contribution in [0, 0.1) is 13.8 Å². The van der Waals surface area contributed by atoms with E-state index in [1.807, 2.05) is 30.3 Å². The van der Waals surface area contributed by atoms with E-state index in [4.69, 9.17) is 4.74 Å². The van der Waals surface area contributed by atoms with Crippen LogP contribution in [0.25, 0.3) is 0 Å². The fraction of sp³-hybridized carbons (Fsp3) is 0.200. The topological polar surface area (TPSA) is 99.9 Å². The number of nitrogens with zero attached hydrogens (tertiary/aromatic N) is 1. The predicted octanol–water partition coefficient (Wildman–Crippen LogP) is 2.16. The summed E-state index contributed by atoms with van der Waals surface area (Å²) in [6.45, 7) is 3.42. The van der Waals surface area contributed by atoms with Crippen molar-refractivity contribution < 1.29 is 24.2 Å². The summed E-state index contributed by atoms with van der Waals surface area (Å²) in [4.78, 5) is 44.0. The lowest BCUT2D eigenvalue weighted by molar-refractivity contribution is 0.101. The highest BCUT2D eigenvalue weighted by atomic mass is 31.2. The van der Waals surface area contributed by atoms with Gasteiger partial charge in [-0.25, -0.2) is 4.79 Å². The quantitative estimate of drug-likeness (QED) is 0.730. The molecular formula is C15H17NO5P+. The summed E-state index contributed by atoms with van der Waals surface area (Å²) < 4.78 is 5.65. The number of carbonyl (C=O) groups excluding carboxylic acids is 1. The van der Waals surface area contributed by atoms with E-state index in [2.05, 4.69) is 4.98 Å². The number of ether oxygens (including phenoxy) is 1. The fourth-order valence-corrected chi connectivity index (χ4v) is 2.58. The monoisotopic (exact) mass is 322 g/mol. The van der Waals surface area contributed by atoms with Gasteiger partial charge in [-0.15, -0.1) is 0 Å². The second-order valence-corrected chi connectivity index (χ2v) is 6.42. The molecular weight excluding hydrogens is 305 g/mol. The highest BCUT2D eigenvalue weighted by molar-refractivity contribution is 7.76. The third-order valence-electron chi connectivity index (χ3n) is 3.11. The van der Waals surface area contributed by atoms with Crippen LogP contribution in [0.15, 0.2) is 36.5 Å². The molecule has 3 N–H and O–H groups in total. The second-order valence-electron chi connectivity index (χ2n) is 4.88. The number of rotatable bonds is 5. The van der Waals surface area contributed by atoms with Gasteiger partial charge in [0.15, 0.2) is 5.75 Å². The first kappa shape index (κ1) is 16.5. The average Bonchev–Trinajstić information content (AvgIpc) is 2.47. The lowest BCUT2D eigenvalue weighted by Crippen LogP contribution is -2.12. The number of pyridine rings is 1. The predicted molar refractivity (Wildman–Crippen MR) is 82.4 cm³/mol. The van der Waals surface area contributed by atoms with Crippen LogP contribution in [-0.2, 0) is 6.61 Å². The minimum atomic E-state index is -4.64. The summed E-state index contributed by atoms with van der Waals surface area (Å²) in [6.07, 6.45) is 1.42. The van der Waals surface area contributed by atoms with E-state index in [1.165, 1.54) is 6.20 Å². The summed E-state index contributed by atoms with van der Waals surface area (Å²) in [6, 6.07) is 9.32. The number of hydrogen-bond donors (Lipinski definition) is 3. The molecule has 0 aliphatic heterocycles. The van der Waals surface area contributed by atoms with Gasteiger partial charge in [0.1, 0.15) is 12.2 Å². The first-order chi connectivity index (χ1) is 10.3. The number of hydrogen-bond acceptors (Lipinski definition) is 6. The van der Waals surface area contributed by atoms with Crippen LogP contribution in [0.4, 0.5) is 0 Å². The second kappa shape index (κ2) is 6.50. The Hall–Kier alpha value is -1.85. The largest absolute Gasteiger partial charge is 0.486 e. The molecule has 1 aromatic carbocycles. The minimum Gasteiger partial charge on any atom is -0.486 e. The Bertz CT molecular complexity index is 682. The van der Waals surface area contributed by atoms with Crippen molar-refractivity contribution in [2.75, 3.05) is 0 Å². The van der Waals surface area contributed by atoms with E-state index in [9.17, 15) is 19.5 Å². The van der Waals surface area contributed by atoms with Gasteiger partial charge in [-0.2, -0.15) is 14.7 Å². The molecule has 0 atom stereocenters. The van der Waals surface area contributed by atoms with Crippen LogP contribution in [0.2, 0.25) is 0 Å². The van der Waals surface area contributed by atoms with E-state index in [0.717, 1.165) is 5.56 Å². The van der Waals surface area contributed by atoms with Crippen LogP contribution in [0.3, 0.4) is 0 Å². The van der Waals surface area contributed by atoms with E-state index in [0.29, 0.717) is 11.3 Å². The van der Waals surface area contributed by atoms with Gasteiger partial charge in [0, 0.05) is 6.20 Å². The van der Waals surface area contributed by atoms with Crippen molar-refractivity contribution in [3.63, 3.8) is 0 Å². The molecule has 0 saturated carbocycles. The Morgan fingerprint density at radius 3 is 2.41 bits per heavy atom. The molecule has 2 rings (SSSR count). The summed E-state index contributed by atoms with van der Waals surface area (Å²) in [5.41, 5.74) is 0.529. The molecule has 1 aromatic heterocycles. The third-order valence-corrected chi connectivity index (χ3v) is 3.88. The minimum absolute atomic E-state index is 0.0516. The van der Waals surface area contributed by atoms with E-state index in [-0.39, 0.29) is 17.9 Å². The van der Waals surface area contributed by atoms with E-state index in [1.54, 1.807) is 13.8 Å². The van der Waals surface area contributed by atoms with Crippen molar-refractivity contribution in [3.05, 3.63) is 58.9 Å². The highest BCUT2D eigenvalue weighted by Gasteiger charge is 2.46. The maximum absolute atomic E-state index is 12.1. The maximum atomic E-state index is 12.1. The lowest BCUT2D eigenvalue weighted by atomic mass is 10.1. The van der Waals surface area contributed by atoms with Gasteiger partial charge < -0.3 is 4.74 Å². The molecule has 6 nitrogen and oxygen atoms in total. The van der Waals surface area contributed by atoms with Gasteiger partial charge in [0.2, 0.25) is 0 Å². The molecule has 0 aliphatic carbocycles. The third kappa shape index (κ3) is 3.67. The number of aryl methyl sites for hydroxylation is 2. The molecule has 0 radical (unpaired) electrons. The molecule has 116 valence electrons. The lowest BCUT2D eigenvalue weighted by Gasteiger charge is -2.14. The van der Waals surface area contributed by atoms with Gasteiger partial charge >= 0.3 is 13.5 Å². The van der Waals surface area contributed by atoms with Gasteiger partial charge in [-0.1, -0.05) is 30.3 Å². The molecule has 0 amide bonds. The van der Waals surface area contributed by atoms with Crippen molar-refractivity contribution in [2.45, 2.75) is 20.5 Å². The summed E-state index contributed by atoms with van der Waals surface area (Å²) in [7, 11) is -4.64. The number of aromatic nitrogens is 1. The smallest absolute Gasteiger partial charge is 0.484 e. The molecule has 7 heteroatoms. The van der Waals surface area contributed by atoms with Crippen LogP contribution < -0.4 is 4.74 Å². The fourth-order valence-electron chi connectivity index (χ4n) is 2.00. The average molecular weight is 322 g/mol. The normalized spacial score (nSPS) is 11.3. The molecule has 0 spiro atoms. The Balaban J connectivity index is 2.38. The summed E-state index contributed by atoms with van der Waals surface area (Å²) >= 11 is 0. The molecule has 0 saturated heterocycles. The van der Waals surface area contributed by atoms with Crippen LogP contribution in [-0.4, -0.2) is 25.2 Å². The van der Waals surface area contributed by atoms with E-state index < -0.39 is 13.5 Å². The Morgan fingerprint density at radius 2 is 1.82 bits per heavy atom. The number of benzene rings is 1. The van der Waals surface area contributed by atoms with Crippen LogP contribution >= 0.6 is 7.94 Å². The molecule has 0 aliphatic rings. The van der Waals surface area contributed by atoms with Crippen molar-refractivity contribution in [2.24, 2.45) is 0 Å². The maximum Gasteiger partial charge on any atom is 0.484 e. The first-order valence-electron chi connectivity index (χ1n) is 6.56.